The summed E-state index contributed by atoms with van der Waals surface area (Å²) in [7, 11) is 0. The van der Waals surface area contributed by atoms with E-state index in [0.29, 0.717) is 17.5 Å². The zero-order valence-electron chi connectivity index (χ0n) is 10.4. The van der Waals surface area contributed by atoms with Crippen molar-refractivity contribution in [2.24, 2.45) is 0 Å². The maximum Gasteiger partial charge on any atom is 0.276 e. The van der Waals surface area contributed by atoms with Crippen LogP contribution in [-0.2, 0) is 0 Å². The van der Waals surface area contributed by atoms with Crippen LogP contribution in [0.4, 0.5) is 0 Å². The molecule has 5 heteroatoms. The van der Waals surface area contributed by atoms with Crippen LogP contribution < -0.4 is 5.32 Å². The Labute approximate surface area is 101 Å². The quantitative estimate of drug-likeness (QED) is 0.858. The highest BCUT2D eigenvalue weighted by Crippen LogP contribution is 2.15. The van der Waals surface area contributed by atoms with E-state index in [1.807, 2.05) is 11.8 Å². The van der Waals surface area contributed by atoms with Gasteiger partial charge in [-0.3, -0.25) is 4.79 Å². The van der Waals surface area contributed by atoms with Crippen LogP contribution >= 0.6 is 0 Å². The second-order valence-corrected chi connectivity index (χ2v) is 4.40. The molecule has 1 aromatic heterocycles. The molecule has 1 saturated heterocycles. The highest BCUT2D eigenvalue weighted by Gasteiger charge is 2.26. The number of hydrogen-bond donors (Lipinski definition) is 1. The number of nitrogens with one attached hydrogen (secondary N) is 1. The molecule has 94 valence electrons. The van der Waals surface area contributed by atoms with Gasteiger partial charge in [0.1, 0.15) is 5.76 Å². The second-order valence-electron chi connectivity index (χ2n) is 4.40. The Morgan fingerprint density at radius 3 is 2.82 bits per heavy atom. The Bertz CT molecular complexity index is 383. The van der Waals surface area contributed by atoms with Crippen LogP contribution in [0.1, 0.15) is 36.0 Å². The average Bonchev–Trinajstić information content (AvgIpc) is 2.78. The standard InChI is InChI=1S/C12H19N3O2/c1-3-15(10-4-6-13-7-5-10)12(16)11-8-9(2)17-14-11/h8,10,13H,3-7H2,1-2H3. The molecule has 2 rings (SSSR count). The summed E-state index contributed by atoms with van der Waals surface area (Å²) in [5.74, 6) is 0.658. The van der Waals surface area contributed by atoms with Crippen molar-refractivity contribution in [2.75, 3.05) is 19.6 Å². The summed E-state index contributed by atoms with van der Waals surface area (Å²) >= 11 is 0. The van der Waals surface area contributed by atoms with E-state index in [2.05, 4.69) is 10.5 Å². The van der Waals surface area contributed by atoms with Gasteiger partial charge in [0, 0.05) is 18.7 Å². The normalized spacial score (nSPS) is 17.1. The molecule has 1 aliphatic heterocycles. The first kappa shape index (κ1) is 12.1. The van der Waals surface area contributed by atoms with Crippen molar-refractivity contribution in [3.05, 3.63) is 17.5 Å². The lowest BCUT2D eigenvalue weighted by atomic mass is 10.0. The van der Waals surface area contributed by atoms with E-state index < -0.39 is 0 Å². The first-order valence-corrected chi connectivity index (χ1v) is 6.17. The Morgan fingerprint density at radius 1 is 1.59 bits per heavy atom. The molecule has 0 bridgehead atoms. The number of carbonyl (C=O) groups is 1. The third-order valence-electron chi connectivity index (χ3n) is 3.20. The van der Waals surface area contributed by atoms with E-state index in [9.17, 15) is 4.79 Å². The predicted molar refractivity (Wildman–Crippen MR) is 63.8 cm³/mol. The van der Waals surface area contributed by atoms with E-state index in [1.165, 1.54) is 0 Å². The van der Waals surface area contributed by atoms with Crippen LogP contribution in [0.25, 0.3) is 0 Å². The van der Waals surface area contributed by atoms with E-state index in [1.54, 1.807) is 13.0 Å². The van der Waals surface area contributed by atoms with E-state index >= 15 is 0 Å². The number of aromatic nitrogens is 1. The van der Waals surface area contributed by atoms with Gasteiger partial charge < -0.3 is 14.7 Å². The Hall–Kier alpha value is -1.36. The maximum atomic E-state index is 12.3. The zero-order chi connectivity index (χ0) is 12.3. The van der Waals surface area contributed by atoms with Crippen molar-refractivity contribution in [1.29, 1.82) is 0 Å². The topological polar surface area (TPSA) is 58.4 Å². The van der Waals surface area contributed by atoms with E-state index in [4.69, 9.17) is 4.52 Å². The van der Waals surface area contributed by atoms with Crippen molar-refractivity contribution < 1.29 is 9.32 Å². The monoisotopic (exact) mass is 237 g/mol. The Kier molecular flexibility index (Phi) is 3.78. The predicted octanol–water partition coefficient (Wildman–Crippen LogP) is 1.20. The van der Waals surface area contributed by atoms with Crippen LogP contribution in [0.5, 0.6) is 0 Å². The van der Waals surface area contributed by atoms with Gasteiger partial charge in [-0.2, -0.15) is 0 Å². The van der Waals surface area contributed by atoms with Crippen molar-refractivity contribution >= 4 is 5.91 Å². The first-order chi connectivity index (χ1) is 8.22. The van der Waals surface area contributed by atoms with Gasteiger partial charge in [-0.1, -0.05) is 5.16 Å². The van der Waals surface area contributed by atoms with Crippen LogP contribution in [-0.4, -0.2) is 41.6 Å². The number of rotatable bonds is 3. The van der Waals surface area contributed by atoms with Gasteiger partial charge in [0.25, 0.3) is 5.91 Å². The van der Waals surface area contributed by atoms with Gasteiger partial charge in [-0.25, -0.2) is 0 Å². The Balaban J connectivity index is 2.09. The molecule has 0 aliphatic carbocycles. The highest BCUT2D eigenvalue weighted by molar-refractivity contribution is 5.92. The minimum absolute atomic E-state index is 0.0174. The van der Waals surface area contributed by atoms with Crippen molar-refractivity contribution in [2.45, 2.75) is 32.7 Å². The maximum absolute atomic E-state index is 12.3. The van der Waals surface area contributed by atoms with E-state index in [-0.39, 0.29) is 5.91 Å². The lowest BCUT2D eigenvalue weighted by molar-refractivity contribution is 0.0645. The van der Waals surface area contributed by atoms with Gasteiger partial charge in [-0.15, -0.1) is 0 Å². The second kappa shape index (κ2) is 5.31. The zero-order valence-corrected chi connectivity index (χ0v) is 10.4. The molecule has 0 unspecified atom stereocenters. The van der Waals surface area contributed by atoms with Gasteiger partial charge in [-0.05, 0) is 39.8 Å². The molecule has 0 aromatic carbocycles. The molecule has 2 heterocycles. The smallest absolute Gasteiger partial charge is 0.276 e. The number of amides is 1. The fourth-order valence-electron chi connectivity index (χ4n) is 2.30. The minimum atomic E-state index is -0.0174. The molecule has 1 fully saturated rings. The summed E-state index contributed by atoms with van der Waals surface area (Å²) < 4.78 is 4.96. The summed E-state index contributed by atoms with van der Waals surface area (Å²) in [4.78, 5) is 14.2. The average molecular weight is 237 g/mol. The van der Waals surface area contributed by atoms with Crippen LogP contribution in [0.2, 0.25) is 0 Å². The number of piperidine rings is 1. The SMILES string of the molecule is CCN(C(=O)c1cc(C)on1)C1CCNCC1. The fourth-order valence-corrected chi connectivity index (χ4v) is 2.30. The molecule has 1 amide bonds. The minimum Gasteiger partial charge on any atom is -0.361 e. The fraction of sp³-hybridized carbons (Fsp3) is 0.667. The molecule has 0 spiro atoms. The number of hydrogen-bond acceptors (Lipinski definition) is 4. The summed E-state index contributed by atoms with van der Waals surface area (Å²) in [6.45, 7) is 6.48. The number of nitrogens with zero attached hydrogens (tertiary/aromatic N) is 2. The van der Waals surface area contributed by atoms with E-state index in [0.717, 1.165) is 32.5 Å². The van der Waals surface area contributed by atoms with Crippen LogP contribution in [0.15, 0.2) is 10.6 Å². The van der Waals surface area contributed by atoms with Crippen LogP contribution in [0.3, 0.4) is 0 Å². The first-order valence-electron chi connectivity index (χ1n) is 6.17. The molecule has 1 N–H and O–H groups in total. The number of carbonyl (C=O) groups excluding carboxylic acids is 1. The summed E-state index contributed by atoms with van der Waals surface area (Å²) in [5, 5.41) is 7.10. The molecule has 0 atom stereocenters. The molecule has 0 saturated carbocycles. The van der Waals surface area contributed by atoms with Gasteiger partial charge in [0.15, 0.2) is 5.69 Å². The van der Waals surface area contributed by atoms with Crippen molar-refractivity contribution in [3.63, 3.8) is 0 Å². The molecule has 0 radical (unpaired) electrons. The highest BCUT2D eigenvalue weighted by atomic mass is 16.5. The van der Waals surface area contributed by atoms with Gasteiger partial charge in [0.05, 0.1) is 0 Å². The summed E-state index contributed by atoms with van der Waals surface area (Å²) in [6.07, 6.45) is 2.02. The van der Waals surface area contributed by atoms with Gasteiger partial charge >= 0.3 is 0 Å². The van der Waals surface area contributed by atoms with Crippen molar-refractivity contribution in [1.82, 2.24) is 15.4 Å². The molecule has 1 aliphatic rings. The molecule has 5 nitrogen and oxygen atoms in total. The third-order valence-corrected chi connectivity index (χ3v) is 3.20. The van der Waals surface area contributed by atoms with Crippen molar-refractivity contribution in [3.8, 4) is 0 Å². The lowest BCUT2D eigenvalue weighted by Crippen LogP contribution is -2.46. The summed E-state index contributed by atoms with van der Waals surface area (Å²) in [6, 6.07) is 2.03. The molecular weight excluding hydrogens is 218 g/mol. The van der Waals surface area contributed by atoms with Gasteiger partial charge in [0.2, 0.25) is 0 Å². The lowest BCUT2D eigenvalue weighted by Gasteiger charge is -2.33. The largest absolute Gasteiger partial charge is 0.361 e. The molecule has 1 aromatic rings. The molecule has 17 heavy (non-hydrogen) atoms. The third kappa shape index (κ3) is 2.66. The summed E-state index contributed by atoms with van der Waals surface area (Å²) in [5.41, 5.74) is 0.419. The molecular formula is C12H19N3O2. The Morgan fingerprint density at radius 2 is 2.29 bits per heavy atom. The van der Waals surface area contributed by atoms with Crippen LogP contribution in [0, 0.1) is 6.92 Å². The number of aryl methyl sites for hydroxylation is 1.